The summed E-state index contributed by atoms with van der Waals surface area (Å²) in [4.78, 5) is 4.54. The van der Waals surface area contributed by atoms with E-state index in [1.807, 2.05) is 0 Å². The van der Waals surface area contributed by atoms with Crippen LogP contribution in [0, 0.1) is 6.92 Å². The minimum absolute atomic E-state index is 0.00525. The Morgan fingerprint density at radius 3 is 2.71 bits per heavy atom. The molecular formula is C14H24N2O2S3. The molecule has 0 saturated carbocycles. The topological polar surface area (TPSA) is 63.4 Å². The van der Waals surface area contributed by atoms with Gasteiger partial charge in [0.25, 0.3) is 0 Å². The largest absolute Gasteiger partial charge is 0.326 e. The Morgan fingerprint density at radius 2 is 2.19 bits per heavy atom. The minimum Gasteiger partial charge on any atom is -0.326 e. The molecule has 0 bridgehead atoms. The SMILES string of the molecule is CCC(N)C(c1ccc(C)s1)N1CCSCC1S(C)(=O)=O. The molecule has 4 nitrogen and oxygen atoms in total. The molecule has 1 aliphatic rings. The number of thioether (sulfide) groups is 1. The third-order valence-corrected chi connectivity index (χ3v) is 7.64. The summed E-state index contributed by atoms with van der Waals surface area (Å²) in [6, 6.07) is 4.13. The van der Waals surface area contributed by atoms with Gasteiger partial charge in [0.15, 0.2) is 9.84 Å². The summed E-state index contributed by atoms with van der Waals surface area (Å²) in [7, 11) is -3.11. The molecule has 120 valence electrons. The number of aryl methyl sites for hydroxylation is 1. The van der Waals surface area contributed by atoms with Crippen molar-refractivity contribution < 1.29 is 8.42 Å². The molecule has 1 aromatic heterocycles. The molecular weight excluding hydrogens is 324 g/mol. The first-order chi connectivity index (χ1) is 9.84. The summed E-state index contributed by atoms with van der Waals surface area (Å²) >= 11 is 3.44. The number of rotatable bonds is 5. The maximum atomic E-state index is 12.2. The lowest BCUT2D eigenvalue weighted by atomic mass is 10.0. The van der Waals surface area contributed by atoms with Crippen LogP contribution in [-0.2, 0) is 9.84 Å². The number of nitrogens with two attached hydrogens (primary N) is 1. The average molecular weight is 349 g/mol. The normalized spacial score (nSPS) is 23.9. The lowest BCUT2D eigenvalue weighted by molar-refractivity contribution is 0.168. The van der Waals surface area contributed by atoms with Crippen LogP contribution in [0.5, 0.6) is 0 Å². The van der Waals surface area contributed by atoms with E-state index >= 15 is 0 Å². The molecule has 1 aromatic rings. The van der Waals surface area contributed by atoms with E-state index in [0.717, 1.165) is 18.7 Å². The molecule has 3 atom stereocenters. The molecule has 2 heterocycles. The fourth-order valence-electron chi connectivity index (χ4n) is 2.74. The van der Waals surface area contributed by atoms with Gasteiger partial charge in [-0.3, -0.25) is 4.90 Å². The Morgan fingerprint density at radius 1 is 1.48 bits per heavy atom. The zero-order valence-electron chi connectivity index (χ0n) is 12.8. The molecule has 0 spiro atoms. The fourth-order valence-corrected chi connectivity index (χ4v) is 6.72. The van der Waals surface area contributed by atoms with Crippen LogP contribution in [0.4, 0.5) is 0 Å². The van der Waals surface area contributed by atoms with Gasteiger partial charge in [-0.2, -0.15) is 11.8 Å². The monoisotopic (exact) mass is 348 g/mol. The maximum Gasteiger partial charge on any atom is 0.164 e. The second-order valence-electron chi connectivity index (χ2n) is 5.56. The highest BCUT2D eigenvalue weighted by atomic mass is 32.2. The van der Waals surface area contributed by atoms with E-state index in [-0.39, 0.29) is 12.1 Å². The summed E-state index contributed by atoms with van der Waals surface area (Å²) in [6.45, 7) is 4.91. The summed E-state index contributed by atoms with van der Waals surface area (Å²) in [5.41, 5.74) is 6.36. The van der Waals surface area contributed by atoms with Gasteiger partial charge in [-0.15, -0.1) is 11.3 Å². The number of nitrogens with zero attached hydrogens (tertiary/aromatic N) is 1. The lowest BCUT2D eigenvalue weighted by Gasteiger charge is -2.41. The zero-order chi connectivity index (χ0) is 15.6. The molecule has 0 amide bonds. The highest BCUT2D eigenvalue weighted by molar-refractivity contribution is 8.00. The molecule has 0 aromatic carbocycles. The Balaban J connectivity index is 2.38. The Bertz CT molecular complexity index is 571. The number of sulfone groups is 1. The number of hydrogen-bond donors (Lipinski definition) is 1. The van der Waals surface area contributed by atoms with Gasteiger partial charge in [0, 0.05) is 40.1 Å². The van der Waals surface area contributed by atoms with Gasteiger partial charge in [0.2, 0.25) is 0 Å². The minimum atomic E-state index is -3.11. The second kappa shape index (κ2) is 7.00. The summed E-state index contributed by atoms with van der Waals surface area (Å²) in [5, 5.41) is -0.429. The van der Waals surface area contributed by atoms with Gasteiger partial charge in [0.05, 0.1) is 6.04 Å². The Hall–Kier alpha value is -0.0800. The molecule has 21 heavy (non-hydrogen) atoms. The Labute approximate surface area is 136 Å². The van der Waals surface area contributed by atoms with Crippen molar-refractivity contribution in [3.63, 3.8) is 0 Å². The third kappa shape index (κ3) is 4.01. The van der Waals surface area contributed by atoms with E-state index in [1.54, 1.807) is 23.1 Å². The lowest BCUT2D eigenvalue weighted by Crippen LogP contribution is -2.52. The molecule has 0 aliphatic carbocycles. The third-order valence-electron chi connectivity index (χ3n) is 3.91. The van der Waals surface area contributed by atoms with E-state index < -0.39 is 15.2 Å². The zero-order valence-corrected chi connectivity index (χ0v) is 15.2. The quantitative estimate of drug-likeness (QED) is 0.884. The Kier molecular flexibility index (Phi) is 5.76. The van der Waals surface area contributed by atoms with Gasteiger partial charge in [-0.1, -0.05) is 6.92 Å². The molecule has 7 heteroatoms. The van der Waals surface area contributed by atoms with Crippen molar-refractivity contribution in [3.8, 4) is 0 Å². The highest BCUT2D eigenvalue weighted by Gasteiger charge is 2.38. The van der Waals surface area contributed by atoms with Crippen LogP contribution in [0.25, 0.3) is 0 Å². The molecule has 1 saturated heterocycles. The van der Waals surface area contributed by atoms with Crippen molar-refractivity contribution >= 4 is 32.9 Å². The molecule has 1 fully saturated rings. The number of thiophene rings is 1. The van der Waals surface area contributed by atoms with Gasteiger partial charge in [0.1, 0.15) is 5.37 Å². The average Bonchev–Trinajstić information content (AvgIpc) is 2.84. The van der Waals surface area contributed by atoms with Crippen LogP contribution >= 0.6 is 23.1 Å². The fraction of sp³-hybridized carbons (Fsp3) is 0.714. The standard InChI is InChI=1S/C14H24N2O2S3/c1-4-11(15)14(12-6-5-10(2)20-12)16-7-8-19-9-13(16)21(3,17)18/h5-6,11,13-14H,4,7-9,15H2,1-3H3. The second-order valence-corrected chi connectivity index (χ2v) is 10.2. The first kappa shape index (κ1) is 17.3. The summed E-state index contributed by atoms with van der Waals surface area (Å²) < 4.78 is 24.3. The van der Waals surface area contributed by atoms with Gasteiger partial charge < -0.3 is 5.73 Å². The molecule has 1 aliphatic heterocycles. The van der Waals surface area contributed by atoms with Crippen LogP contribution in [0.1, 0.15) is 29.1 Å². The molecule has 2 rings (SSSR count). The van der Waals surface area contributed by atoms with Crippen molar-refractivity contribution in [2.45, 2.75) is 37.7 Å². The number of hydrogen-bond acceptors (Lipinski definition) is 6. The van der Waals surface area contributed by atoms with Crippen molar-refractivity contribution in [3.05, 3.63) is 21.9 Å². The van der Waals surface area contributed by atoms with E-state index in [4.69, 9.17) is 5.73 Å². The smallest absolute Gasteiger partial charge is 0.164 e. The van der Waals surface area contributed by atoms with E-state index in [1.165, 1.54) is 16.0 Å². The summed E-state index contributed by atoms with van der Waals surface area (Å²) in [5.74, 6) is 1.60. The van der Waals surface area contributed by atoms with Crippen LogP contribution in [0.3, 0.4) is 0 Å². The molecule has 3 unspecified atom stereocenters. The summed E-state index contributed by atoms with van der Waals surface area (Å²) in [6.07, 6.45) is 2.17. The predicted octanol–water partition coefficient (Wildman–Crippen LogP) is 2.25. The van der Waals surface area contributed by atoms with Crippen molar-refractivity contribution in [1.82, 2.24) is 4.90 Å². The van der Waals surface area contributed by atoms with Crippen LogP contribution < -0.4 is 5.73 Å². The molecule has 2 N–H and O–H groups in total. The van der Waals surface area contributed by atoms with Crippen molar-refractivity contribution in [2.75, 3.05) is 24.3 Å². The predicted molar refractivity (Wildman–Crippen MR) is 92.7 cm³/mol. The van der Waals surface area contributed by atoms with Crippen LogP contribution in [0.15, 0.2) is 12.1 Å². The van der Waals surface area contributed by atoms with Crippen molar-refractivity contribution in [1.29, 1.82) is 0 Å². The van der Waals surface area contributed by atoms with E-state index in [2.05, 4.69) is 30.9 Å². The van der Waals surface area contributed by atoms with Gasteiger partial charge >= 0.3 is 0 Å². The van der Waals surface area contributed by atoms with Gasteiger partial charge in [-0.25, -0.2) is 8.42 Å². The van der Waals surface area contributed by atoms with Crippen molar-refractivity contribution in [2.24, 2.45) is 5.73 Å². The van der Waals surface area contributed by atoms with Crippen LogP contribution in [0.2, 0.25) is 0 Å². The van der Waals surface area contributed by atoms with Crippen LogP contribution in [-0.4, -0.2) is 49.0 Å². The first-order valence-corrected chi connectivity index (χ1v) is 11.1. The maximum absolute atomic E-state index is 12.2. The first-order valence-electron chi connectivity index (χ1n) is 7.19. The molecule has 0 radical (unpaired) electrons. The van der Waals surface area contributed by atoms with E-state index in [0.29, 0.717) is 5.75 Å². The van der Waals surface area contributed by atoms with E-state index in [9.17, 15) is 8.42 Å². The van der Waals surface area contributed by atoms with Gasteiger partial charge in [-0.05, 0) is 25.5 Å². The highest BCUT2D eigenvalue weighted by Crippen LogP contribution is 2.35.